The Morgan fingerprint density at radius 3 is 1.58 bits per heavy atom. The lowest BCUT2D eigenvalue weighted by Crippen LogP contribution is -2.54. The Balaban J connectivity index is 1.75. The summed E-state index contributed by atoms with van der Waals surface area (Å²) in [4.78, 5) is 11.4. The molecule has 0 bridgehead atoms. The zero-order valence-corrected chi connectivity index (χ0v) is 38.1. The number of ketones is 1. The molecule has 2 fully saturated rings. The highest BCUT2D eigenvalue weighted by molar-refractivity contribution is 5.75. The third-order valence-electron chi connectivity index (χ3n) is 16.0. The van der Waals surface area contributed by atoms with Crippen molar-refractivity contribution in [1.82, 2.24) is 0 Å². The molecule has 2 rings (SSSR count). The number of nitrogens with two attached hydrogens (primary N) is 1. The second-order valence-electron chi connectivity index (χ2n) is 21.4. The first kappa shape index (κ1) is 47.7. The predicted molar refractivity (Wildman–Crippen MR) is 226 cm³/mol. The molecule has 2 unspecified atom stereocenters. The maximum atomic E-state index is 11.4. The molecule has 2 N–H and O–H groups in total. The molecule has 0 spiro atoms. The van der Waals surface area contributed by atoms with Crippen LogP contribution in [0.1, 0.15) is 208 Å². The number of ether oxygens (including phenoxy) is 2. The van der Waals surface area contributed by atoms with Gasteiger partial charge in [-0.1, -0.05) is 95.4 Å². The van der Waals surface area contributed by atoms with Crippen molar-refractivity contribution < 1.29 is 14.3 Å². The molecule has 0 radical (unpaired) electrons. The molecular weight excluding hydrogens is 639 g/mol. The molecule has 2 heterocycles. The predicted octanol–water partition coefficient (Wildman–Crippen LogP) is 13.5. The zero-order chi connectivity index (χ0) is 39.8. The van der Waals surface area contributed by atoms with Crippen molar-refractivity contribution in [3.63, 3.8) is 0 Å². The highest BCUT2D eigenvalue weighted by atomic mass is 16.6. The topological polar surface area (TPSA) is 61.6 Å². The van der Waals surface area contributed by atoms with Gasteiger partial charge < -0.3 is 20.0 Å². The second-order valence-corrected chi connectivity index (χ2v) is 21.4. The van der Waals surface area contributed by atoms with Crippen LogP contribution in [0.3, 0.4) is 0 Å². The largest absolute Gasteiger partial charge is 0.366 e. The van der Waals surface area contributed by atoms with Crippen molar-refractivity contribution in [2.75, 3.05) is 0 Å². The van der Waals surface area contributed by atoms with Gasteiger partial charge in [0.25, 0.3) is 0 Å². The average Bonchev–Trinajstić information content (AvgIpc) is 3.55. The molecule has 2 aliphatic rings. The van der Waals surface area contributed by atoms with E-state index >= 15 is 0 Å². The van der Waals surface area contributed by atoms with Crippen LogP contribution in [-0.4, -0.2) is 34.2 Å². The van der Waals surface area contributed by atoms with Gasteiger partial charge in [-0.3, -0.25) is 0 Å². The van der Waals surface area contributed by atoms with Gasteiger partial charge in [-0.05, 0) is 171 Å². The molecule has 0 amide bonds. The van der Waals surface area contributed by atoms with Crippen molar-refractivity contribution in [3.8, 4) is 0 Å². The first-order chi connectivity index (χ1) is 23.9. The molecule has 0 saturated carbocycles. The van der Waals surface area contributed by atoms with Crippen molar-refractivity contribution in [3.05, 3.63) is 0 Å². The standard InChI is InChI=1S/C48H93NO3/c1-32(28-36(5)38(7)30-39(8)37(6)29-34(3)27-33(2)21-22-41(10)50)19-18-20-35(4)42(11)43(12)40(9)31-45(14)23-25-47(16,51-45)48(17)26-24-46(15,52-48)44(13)49/h32-40,42-44H,18-31,49H2,1-17H3/t32-,33+,34+,35-,36-,37+,38?,39?,40-,42-,43+,44+,45-,46+,47+,48-/m0/s1. The minimum atomic E-state index is -0.287. The number of carbonyl (C=O) groups excluding carboxylic acids is 1. The van der Waals surface area contributed by atoms with Gasteiger partial charge in [0.2, 0.25) is 0 Å². The van der Waals surface area contributed by atoms with Gasteiger partial charge in [-0.15, -0.1) is 0 Å². The van der Waals surface area contributed by atoms with E-state index in [9.17, 15) is 4.79 Å². The van der Waals surface area contributed by atoms with Crippen molar-refractivity contribution in [2.24, 2.45) is 70.8 Å². The van der Waals surface area contributed by atoms with Crippen molar-refractivity contribution in [2.45, 2.75) is 236 Å². The van der Waals surface area contributed by atoms with E-state index in [-0.39, 0.29) is 28.4 Å². The molecule has 52 heavy (non-hydrogen) atoms. The summed E-state index contributed by atoms with van der Waals surface area (Å²) in [6, 6.07) is 0.0177. The lowest BCUT2D eigenvalue weighted by molar-refractivity contribution is -0.221. The first-order valence-electron chi connectivity index (χ1n) is 22.5. The van der Waals surface area contributed by atoms with E-state index < -0.39 is 0 Å². The molecule has 0 aromatic rings. The summed E-state index contributed by atoms with van der Waals surface area (Å²) in [5, 5.41) is 0. The van der Waals surface area contributed by atoms with Crippen LogP contribution >= 0.6 is 0 Å². The summed E-state index contributed by atoms with van der Waals surface area (Å²) in [6.07, 6.45) is 16.4. The number of carbonyl (C=O) groups is 1. The van der Waals surface area contributed by atoms with Crippen LogP contribution in [0.15, 0.2) is 0 Å². The maximum absolute atomic E-state index is 11.4. The quantitative estimate of drug-likeness (QED) is 0.107. The molecule has 4 heteroatoms. The molecular formula is C48H93NO3. The highest BCUT2D eigenvalue weighted by Crippen LogP contribution is 2.54. The maximum Gasteiger partial charge on any atom is 0.129 e. The number of hydrogen-bond donors (Lipinski definition) is 1. The van der Waals surface area contributed by atoms with E-state index in [1.165, 1.54) is 44.9 Å². The van der Waals surface area contributed by atoms with Gasteiger partial charge in [0.15, 0.2) is 0 Å². The first-order valence-corrected chi connectivity index (χ1v) is 22.5. The van der Waals surface area contributed by atoms with E-state index in [1.807, 2.05) is 0 Å². The third kappa shape index (κ3) is 13.6. The van der Waals surface area contributed by atoms with E-state index in [2.05, 4.69) is 111 Å². The third-order valence-corrected chi connectivity index (χ3v) is 16.0. The van der Waals surface area contributed by atoms with Crippen molar-refractivity contribution >= 4 is 5.78 Å². The Hall–Kier alpha value is -0.450. The lowest BCUT2D eigenvalue weighted by Gasteiger charge is -2.45. The van der Waals surface area contributed by atoms with Gasteiger partial charge in [-0.25, -0.2) is 0 Å². The zero-order valence-electron chi connectivity index (χ0n) is 38.1. The van der Waals surface area contributed by atoms with E-state index in [0.29, 0.717) is 29.5 Å². The SMILES string of the molecule is CC(=O)CC[C@@H](C)C[C@@H](C)C[C@@H](C)C(C)CC(C)[C@@H](C)C[C@@H](C)CCC[C@H](C)[C@H](C)[C@H](C)[C@@H](C)C[C@]1(C)CC[C@](C)([C@]2(C)CC[C@](C)([C@@H](C)N)O2)O1. The smallest absolute Gasteiger partial charge is 0.129 e. The molecule has 16 atom stereocenters. The van der Waals surface area contributed by atoms with E-state index in [0.717, 1.165) is 86.4 Å². The molecule has 2 aliphatic heterocycles. The van der Waals surface area contributed by atoms with Gasteiger partial charge in [0.1, 0.15) is 5.78 Å². The number of Topliss-reactive ketones (excluding diaryl/α,β-unsaturated/α-hetero) is 1. The minimum absolute atomic E-state index is 0.0177. The normalized spacial score (nSPS) is 33.7. The Morgan fingerprint density at radius 1 is 0.558 bits per heavy atom. The molecule has 2 saturated heterocycles. The van der Waals surface area contributed by atoms with Crippen molar-refractivity contribution in [1.29, 1.82) is 0 Å². The lowest BCUT2D eigenvalue weighted by atomic mass is 9.73. The van der Waals surface area contributed by atoms with Gasteiger partial charge in [0.05, 0.1) is 22.4 Å². The Bertz CT molecular complexity index is 1060. The Morgan fingerprint density at radius 2 is 1.04 bits per heavy atom. The van der Waals surface area contributed by atoms with Gasteiger partial charge in [0, 0.05) is 12.5 Å². The molecule has 0 aromatic heterocycles. The number of rotatable bonds is 24. The van der Waals surface area contributed by atoms with E-state index in [4.69, 9.17) is 15.2 Å². The number of hydrogen-bond acceptors (Lipinski definition) is 4. The molecule has 308 valence electrons. The molecule has 0 aliphatic carbocycles. The fourth-order valence-electron chi connectivity index (χ4n) is 10.7. The summed E-state index contributed by atoms with van der Waals surface area (Å²) in [6.45, 7) is 40.2. The summed E-state index contributed by atoms with van der Waals surface area (Å²) in [7, 11) is 0. The molecule has 4 nitrogen and oxygen atoms in total. The second kappa shape index (κ2) is 20.1. The summed E-state index contributed by atoms with van der Waals surface area (Å²) < 4.78 is 13.9. The minimum Gasteiger partial charge on any atom is -0.366 e. The van der Waals surface area contributed by atoms with Crippen LogP contribution in [0.2, 0.25) is 0 Å². The van der Waals surface area contributed by atoms with Crippen LogP contribution < -0.4 is 5.73 Å². The summed E-state index contributed by atoms with van der Waals surface area (Å²) >= 11 is 0. The van der Waals surface area contributed by atoms with Crippen LogP contribution in [0.25, 0.3) is 0 Å². The van der Waals surface area contributed by atoms with Gasteiger partial charge >= 0.3 is 0 Å². The van der Waals surface area contributed by atoms with Crippen LogP contribution in [0.5, 0.6) is 0 Å². The fraction of sp³-hybridized carbons (Fsp3) is 0.979. The molecule has 0 aromatic carbocycles. The van der Waals surface area contributed by atoms with Gasteiger partial charge in [-0.2, -0.15) is 0 Å². The van der Waals surface area contributed by atoms with Crippen LogP contribution in [-0.2, 0) is 14.3 Å². The van der Waals surface area contributed by atoms with E-state index in [1.54, 1.807) is 6.92 Å². The summed E-state index contributed by atoms with van der Waals surface area (Å²) in [5.74, 6) is 8.34. The summed E-state index contributed by atoms with van der Waals surface area (Å²) in [5.41, 5.74) is 5.44. The fourth-order valence-corrected chi connectivity index (χ4v) is 10.7. The highest BCUT2D eigenvalue weighted by Gasteiger charge is 2.60. The van der Waals surface area contributed by atoms with Crippen LogP contribution in [0, 0.1) is 65.1 Å². The average molecular weight is 732 g/mol. The monoisotopic (exact) mass is 732 g/mol. The Labute approximate surface area is 326 Å². The van der Waals surface area contributed by atoms with Crippen LogP contribution in [0.4, 0.5) is 0 Å². The Kier molecular flexibility index (Phi) is 18.5.